The third-order valence-electron chi connectivity index (χ3n) is 17.7. The molecule has 1 heterocycles. The van der Waals surface area contributed by atoms with Crippen molar-refractivity contribution in [3.63, 3.8) is 0 Å². The topological polar surface area (TPSA) is 83.5 Å². The third-order valence-corrected chi connectivity index (χ3v) is 17.7. The molecule has 1 saturated heterocycles. The first kappa shape index (κ1) is 46.3. The lowest BCUT2D eigenvalue weighted by atomic mass is 9.43. The minimum Gasteiger partial charge on any atom is -0.481 e. The average Bonchev–Trinajstić information content (AvgIpc) is 3.70. The van der Waals surface area contributed by atoms with Gasteiger partial charge in [0.1, 0.15) is 24.4 Å². The van der Waals surface area contributed by atoms with Crippen LogP contribution in [0.3, 0.4) is 0 Å². The molecular weight excluding hydrogens is 809 g/mol. The molecule has 2 unspecified atom stereocenters. The number of carboxylic acids is 1. The van der Waals surface area contributed by atoms with Crippen LogP contribution in [0.15, 0.2) is 121 Å². The predicted octanol–water partition coefficient (Wildman–Crippen LogP) is 12.5. The van der Waals surface area contributed by atoms with Gasteiger partial charge in [0, 0.05) is 6.42 Å². The molecule has 0 bridgehead atoms. The molecule has 4 aliphatic carbocycles. The van der Waals surface area contributed by atoms with Crippen molar-refractivity contribution < 1.29 is 33.6 Å². The van der Waals surface area contributed by atoms with Crippen LogP contribution >= 0.6 is 0 Å². The van der Waals surface area contributed by atoms with Crippen molar-refractivity contribution in [3.05, 3.63) is 144 Å². The number of rotatable bonds is 18. The Bertz CT molecular complexity index is 2080. The van der Waals surface area contributed by atoms with E-state index in [1.165, 1.54) is 44.9 Å². The van der Waals surface area contributed by atoms with Gasteiger partial charge in [-0.25, -0.2) is 0 Å². The molecule has 9 rings (SSSR count). The highest BCUT2D eigenvalue weighted by molar-refractivity contribution is 5.66. The minimum atomic E-state index is -0.659. The molecule has 0 spiro atoms. The van der Waals surface area contributed by atoms with Gasteiger partial charge in [0.2, 0.25) is 0 Å². The summed E-state index contributed by atoms with van der Waals surface area (Å²) >= 11 is 0. The standard InChI is InChI=1S/C58H74O7/c1-40(24-29-52(59)60)48-27-28-49-47-26-25-46-34-45(30-32-57(46,2)50(47)31-33-58(48,49)3)53-55(63-37-43-20-12-6-13-21-43)56(64-38-44-22-14-7-15-23-44)54(62-36-42-18-10-5-11-19-42)51(65-53)39-61-35-41-16-8-4-9-17-41/h4-23,40,45-51,53-56H,24-39H2,1-3H3,(H,59,60)/t40-,45?,46?,47+,48-,49+,50+,51-,53+,54-,55+,56+,57+,58-/m1/s1. The van der Waals surface area contributed by atoms with E-state index in [0.717, 1.165) is 59.3 Å². The quantitative estimate of drug-likeness (QED) is 0.107. The van der Waals surface area contributed by atoms with Crippen LogP contribution < -0.4 is 0 Å². The normalized spacial score (nSPS) is 34.8. The molecule has 5 aliphatic rings. The van der Waals surface area contributed by atoms with Crippen molar-refractivity contribution in [2.45, 2.75) is 148 Å². The first-order chi connectivity index (χ1) is 31.7. The van der Waals surface area contributed by atoms with E-state index in [1.807, 2.05) is 12.1 Å². The summed E-state index contributed by atoms with van der Waals surface area (Å²) in [5.41, 5.74) is 5.11. The SMILES string of the molecule is C[C@H](CCC(=O)O)[C@H]1CC[C@H]2[C@@H]3CCC4CC([C@@H]5O[C@H](COCc6ccccc6)[C@@H](OCc6ccccc6)[C@H](OCc6ccccc6)[C@H]5OCc5ccccc5)CC[C@]4(C)[C@H]3CC[C@]12C. The van der Waals surface area contributed by atoms with Crippen LogP contribution in [0.5, 0.6) is 0 Å². The molecule has 0 aromatic heterocycles. The van der Waals surface area contributed by atoms with Crippen LogP contribution in [0.4, 0.5) is 0 Å². The summed E-state index contributed by atoms with van der Waals surface area (Å²) in [5, 5.41) is 9.49. The highest BCUT2D eigenvalue weighted by Gasteiger charge is 2.62. The molecule has 0 amide bonds. The molecule has 1 N–H and O–H groups in total. The van der Waals surface area contributed by atoms with E-state index in [-0.39, 0.29) is 24.7 Å². The van der Waals surface area contributed by atoms with Crippen molar-refractivity contribution in [1.82, 2.24) is 0 Å². The number of hydrogen-bond donors (Lipinski definition) is 1. The molecule has 348 valence electrons. The number of benzene rings is 4. The summed E-state index contributed by atoms with van der Waals surface area (Å²) in [5.74, 6) is 3.62. The van der Waals surface area contributed by atoms with Gasteiger partial charge in [0.25, 0.3) is 0 Å². The fourth-order valence-electron chi connectivity index (χ4n) is 14.3. The Balaban J connectivity index is 0.991. The third kappa shape index (κ3) is 10.4. The number of fused-ring (bicyclic) bond motifs is 5. The zero-order valence-corrected chi connectivity index (χ0v) is 39.2. The Labute approximate surface area is 389 Å². The Morgan fingerprint density at radius 3 is 1.74 bits per heavy atom. The van der Waals surface area contributed by atoms with E-state index in [9.17, 15) is 9.90 Å². The lowest BCUT2D eigenvalue weighted by Crippen LogP contribution is -2.63. The Hall–Kier alpha value is -3.85. The molecule has 4 aromatic carbocycles. The van der Waals surface area contributed by atoms with E-state index in [0.29, 0.717) is 67.5 Å². The molecule has 5 fully saturated rings. The number of carbonyl (C=O) groups is 1. The van der Waals surface area contributed by atoms with E-state index >= 15 is 0 Å². The predicted molar refractivity (Wildman–Crippen MR) is 255 cm³/mol. The van der Waals surface area contributed by atoms with Gasteiger partial charge >= 0.3 is 5.97 Å². The molecule has 4 aromatic rings. The molecule has 7 nitrogen and oxygen atoms in total. The van der Waals surface area contributed by atoms with Gasteiger partial charge in [-0.3, -0.25) is 4.79 Å². The van der Waals surface area contributed by atoms with Gasteiger partial charge in [-0.1, -0.05) is 142 Å². The Morgan fingerprint density at radius 1 is 0.631 bits per heavy atom. The number of carboxylic acid groups (broad SMARTS) is 1. The summed E-state index contributed by atoms with van der Waals surface area (Å²) in [6.45, 7) is 9.82. The van der Waals surface area contributed by atoms with Gasteiger partial charge in [-0.2, -0.15) is 0 Å². The van der Waals surface area contributed by atoms with E-state index < -0.39 is 18.2 Å². The summed E-state index contributed by atoms with van der Waals surface area (Å²) in [6, 6.07) is 41.8. The summed E-state index contributed by atoms with van der Waals surface area (Å²) in [4.78, 5) is 11.5. The molecule has 14 atom stereocenters. The zero-order chi connectivity index (χ0) is 44.8. The minimum absolute atomic E-state index is 0.193. The second-order valence-electron chi connectivity index (χ2n) is 21.3. The molecule has 4 saturated carbocycles. The van der Waals surface area contributed by atoms with Crippen molar-refractivity contribution in [3.8, 4) is 0 Å². The van der Waals surface area contributed by atoms with Crippen molar-refractivity contribution in [1.29, 1.82) is 0 Å². The van der Waals surface area contributed by atoms with Crippen LogP contribution in [0.2, 0.25) is 0 Å². The van der Waals surface area contributed by atoms with Crippen molar-refractivity contribution in [2.75, 3.05) is 6.61 Å². The zero-order valence-electron chi connectivity index (χ0n) is 39.2. The van der Waals surface area contributed by atoms with Crippen molar-refractivity contribution in [2.24, 2.45) is 52.3 Å². The maximum Gasteiger partial charge on any atom is 0.303 e. The second-order valence-corrected chi connectivity index (χ2v) is 21.3. The fourth-order valence-corrected chi connectivity index (χ4v) is 14.3. The Morgan fingerprint density at radius 2 is 1.15 bits per heavy atom. The summed E-state index contributed by atoms with van der Waals surface area (Å²) in [7, 11) is 0. The number of ether oxygens (including phenoxy) is 5. The van der Waals surface area contributed by atoms with Crippen LogP contribution in [-0.4, -0.2) is 48.2 Å². The Kier molecular flexibility index (Phi) is 14.9. The first-order valence-corrected chi connectivity index (χ1v) is 25.1. The molecule has 0 radical (unpaired) electrons. The largest absolute Gasteiger partial charge is 0.481 e. The average molecular weight is 883 g/mol. The van der Waals surface area contributed by atoms with Crippen molar-refractivity contribution >= 4 is 5.97 Å². The highest BCUT2D eigenvalue weighted by Crippen LogP contribution is 2.69. The van der Waals surface area contributed by atoms with Gasteiger partial charge in [0.15, 0.2) is 0 Å². The molecule has 1 aliphatic heterocycles. The lowest BCUT2D eigenvalue weighted by Gasteiger charge is -2.62. The fraction of sp³-hybridized carbons (Fsp3) is 0.569. The van der Waals surface area contributed by atoms with Crippen LogP contribution in [0, 0.1) is 52.3 Å². The van der Waals surface area contributed by atoms with Gasteiger partial charge in [-0.05, 0) is 139 Å². The van der Waals surface area contributed by atoms with Crippen LogP contribution in [0.25, 0.3) is 0 Å². The van der Waals surface area contributed by atoms with Gasteiger partial charge in [0.05, 0.1) is 39.1 Å². The first-order valence-electron chi connectivity index (χ1n) is 25.1. The lowest BCUT2D eigenvalue weighted by molar-refractivity contribution is -0.286. The second kappa shape index (κ2) is 21.0. The summed E-state index contributed by atoms with van der Waals surface area (Å²) in [6.07, 6.45) is 10.5. The maximum absolute atomic E-state index is 11.5. The molecule has 65 heavy (non-hydrogen) atoms. The van der Waals surface area contributed by atoms with Gasteiger partial charge < -0.3 is 28.8 Å². The van der Waals surface area contributed by atoms with Crippen LogP contribution in [-0.2, 0) is 54.9 Å². The number of hydrogen-bond acceptors (Lipinski definition) is 6. The van der Waals surface area contributed by atoms with E-state index in [4.69, 9.17) is 23.7 Å². The van der Waals surface area contributed by atoms with E-state index in [2.05, 4.69) is 130 Å². The monoisotopic (exact) mass is 883 g/mol. The number of aliphatic carboxylic acids is 1. The summed E-state index contributed by atoms with van der Waals surface area (Å²) < 4.78 is 35.5. The molecular formula is C58H74O7. The maximum atomic E-state index is 11.5. The highest BCUT2D eigenvalue weighted by atomic mass is 16.6. The molecule has 7 heteroatoms. The smallest absolute Gasteiger partial charge is 0.303 e. The van der Waals surface area contributed by atoms with E-state index in [1.54, 1.807) is 0 Å². The van der Waals surface area contributed by atoms with Crippen LogP contribution in [0.1, 0.15) is 114 Å². The van der Waals surface area contributed by atoms with Gasteiger partial charge in [-0.15, -0.1) is 0 Å².